The van der Waals surface area contributed by atoms with Crippen LogP contribution in [0.4, 0.5) is 5.69 Å². The summed E-state index contributed by atoms with van der Waals surface area (Å²) in [5.74, 6) is -1.04. The molecule has 0 saturated heterocycles. The molecule has 0 N–H and O–H groups in total. The molecule has 0 heterocycles. The van der Waals surface area contributed by atoms with E-state index in [0.29, 0.717) is 13.1 Å². The number of nitrogens with zero attached hydrogens (tertiary/aromatic N) is 2. The van der Waals surface area contributed by atoms with Crippen LogP contribution in [0.1, 0.15) is 28.4 Å². The number of hydrogen-bond acceptors (Lipinski definition) is 5. The Morgan fingerprint density at radius 2 is 1.35 bits per heavy atom. The zero-order valence-electron chi connectivity index (χ0n) is 17.0. The Morgan fingerprint density at radius 3 is 1.81 bits per heavy atom. The van der Waals surface area contributed by atoms with Gasteiger partial charge in [-0.1, -0.05) is 60.7 Å². The fourth-order valence-corrected chi connectivity index (χ4v) is 3.07. The summed E-state index contributed by atoms with van der Waals surface area (Å²) in [6, 6.07) is 24.2. The maximum absolute atomic E-state index is 13.1. The molecule has 3 aromatic rings. The highest BCUT2D eigenvalue weighted by Gasteiger charge is 2.25. The van der Waals surface area contributed by atoms with Gasteiger partial charge in [-0.3, -0.25) is 14.9 Å². The molecule has 1 amide bonds. The number of ether oxygens (including phenoxy) is 1. The van der Waals surface area contributed by atoms with Crippen molar-refractivity contribution in [3.63, 3.8) is 0 Å². The van der Waals surface area contributed by atoms with Crippen LogP contribution in [-0.2, 0) is 22.6 Å². The second kappa shape index (κ2) is 10.2. The van der Waals surface area contributed by atoms with Gasteiger partial charge in [0.05, 0.1) is 10.5 Å². The number of hydrogen-bond donors (Lipinski definition) is 0. The van der Waals surface area contributed by atoms with Gasteiger partial charge in [0.2, 0.25) is 0 Å². The molecule has 0 aliphatic rings. The monoisotopic (exact) mass is 418 g/mol. The van der Waals surface area contributed by atoms with E-state index in [0.717, 1.165) is 11.1 Å². The summed E-state index contributed by atoms with van der Waals surface area (Å²) in [6.45, 7) is 2.26. The van der Waals surface area contributed by atoms with Crippen molar-refractivity contribution in [3.05, 3.63) is 112 Å². The van der Waals surface area contributed by atoms with E-state index in [1.54, 1.807) is 4.90 Å². The Morgan fingerprint density at radius 1 is 0.871 bits per heavy atom. The second-order valence-corrected chi connectivity index (χ2v) is 7.02. The van der Waals surface area contributed by atoms with E-state index in [9.17, 15) is 19.7 Å². The average Bonchev–Trinajstić information content (AvgIpc) is 2.79. The number of benzene rings is 3. The first-order valence-corrected chi connectivity index (χ1v) is 9.76. The summed E-state index contributed by atoms with van der Waals surface area (Å²) in [5, 5.41) is 10.8. The lowest BCUT2D eigenvalue weighted by Gasteiger charge is -2.26. The third kappa shape index (κ3) is 5.99. The molecule has 1 atom stereocenters. The smallest absolute Gasteiger partial charge is 0.338 e. The highest BCUT2D eigenvalue weighted by molar-refractivity contribution is 5.92. The number of nitro benzene ring substituents is 1. The van der Waals surface area contributed by atoms with Crippen LogP contribution < -0.4 is 0 Å². The van der Waals surface area contributed by atoms with Crippen LogP contribution in [0.5, 0.6) is 0 Å². The number of rotatable bonds is 8. The van der Waals surface area contributed by atoms with Crippen LogP contribution in [0.15, 0.2) is 84.9 Å². The van der Waals surface area contributed by atoms with Gasteiger partial charge < -0.3 is 9.64 Å². The normalized spacial score (nSPS) is 11.4. The first kappa shape index (κ1) is 21.7. The molecule has 3 rings (SSSR count). The minimum atomic E-state index is -1.02. The number of nitro groups is 1. The minimum Gasteiger partial charge on any atom is -0.449 e. The molecule has 0 aromatic heterocycles. The van der Waals surface area contributed by atoms with Crippen molar-refractivity contribution >= 4 is 17.6 Å². The minimum absolute atomic E-state index is 0.127. The molecule has 158 valence electrons. The van der Waals surface area contributed by atoms with E-state index in [1.807, 2.05) is 60.7 Å². The highest BCUT2D eigenvalue weighted by atomic mass is 16.6. The van der Waals surface area contributed by atoms with Crippen LogP contribution in [0.2, 0.25) is 0 Å². The van der Waals surface area contributed by atoms with E-state index < -0.39 is 17.0 Å². The molecule has 0 aliphatic carbocycles. The van der Waals surface area contributed by atoms with Gasteiger partial charge in [0, 0.05) is 25.2 Å². The number of amides is 1. The molecule has 0 bridgehead atoms. The van der Waals surface area contributed by atoms with Gasteiger partial charge in [0.1, 0.15) is 0 Å². The molecule has 0 spiro atoms. The van der Waals surface area contributed by atoms with Crippen molar-refractivity contribution in [2.45, 2.75) is 26.1 Å². The van der Waals surface area contributed by atoms with E-state index in [4.69, 9.17) is 4.74 Å². The van der Waals surface area contributed by atoms with Crippen molar-refractivity contribution < 1.29 is 19.2 Å². The topological polar surface area (TPSA) is 89.7 Å². The van der Waals surface area contributed by atoms with Gasteiger partial charge in [-0.15, -0.1) is 0 Å². The number of non-ortho nitro benzene ring substituents is 1. The van der Waals surface area contributed by atoms with Gasteiger partial charge in [0.25, 0.3) is 11.6 Å². The summed E-state index contributed by atoms with van der Waals surface area (Å²) in [5.41, 5.74) is 1.93. The van der Waals surface area contributed by atoms with Crippen molar-refractivity contribution in [2.75, 3.05) is 0 Å². The lowest BCUT2D eigenvalue weighted by molar-refractivity contribution is -0.384. The van der Waals surface area contributed by atoms with Crippen LogP contribution >= 0.6 is 0 Å². The van der Waals surface area contributed by atoms with Gasteiger partial charge >= 0.3 is 5.97 Å². The van der Waals surface area contributed by atoms with E-state index in [-0.39, 0.29) is 17.2 Å². The van der Waals surface area contributed by atoms with Crippen molar-refractivity contribution in [2.24, 2.45) is 0 Å². The average molecular weight is 418 g/mol. The Kier molecular flexibility index (Phi) is 7.11. The molecule has 0 radical (unpaired) electrons. The SMILES string of the molecule is CC(OC(=O)c1ccc([N+](=O)[O-])cc1)C(=O)N(Cc1ccccc1)Cc1ccccc1. The van der Waals surface area contributed by atoms with E-state index in [2.05, 4.69) is 0 Å². The van der Waals surface area contributed by atoms with Gasteiger partial charge in [-0.25, -0.2) is 4.79 Å². The third-order valence-corrected chi connectivity index (χ3v) is 4.69. The fraction of sp³-hybridized carbons (Fsp3) is 0.167. The summed E-state index contributed by atoms with van der Waals surface area (Å²) in [6.07, 6.45) is -1.02. The quantitative estimate of drug-likeness (QED) is 0.308. The Hall–Kier alpha value is -4.00. The Bertz CT molecular complexity index is 995. The molecule has 7 heteroatoms. The first-order valence-electron chi connectivity index (χ1n) is 9.76. The van der Waals surface area contributed by atoms with Crippen LogP contribution in [0.25, 0.3) is 0 Å². The standard InChI is InChI=1S/C24H22N2O5/c1-18(31-24(28)21-12-14-22(15-13-21)26(29)30)23(27)25(16-19-8-4-2-5-9-19)17-20-10-6-3-7-11-20/h2-15,18H,16-17H2,1H3. The molecule has 3 aromatic carbocycles. The molecule has 1 unspecified atom stereocenters. The predicted molar refractivity (Wildman–Crippen MR) is 115 cm³/mol. The molecular weight excluding hydrogens is 396 g/mol. The predicted octanol–water partition coefficient (Wildman–Crippen LogP) is 4.37. The van der Waals surface area contributed by atoms with Gasteiger partial charge in [0.15, 0.2) is 6.10 Å². The van der Waals surface area contributed by atoms with Crippen molar-refractivity contribution in [3.8, 4) is 0 Å². The zero-order valence-corrected chi connectivity index (χ0v) is 17.0. The largest absolute Gasteiger partial charge is 0.449 e. The molecular formula is C24H22N2O5. The lowest BCUT2D eigenvalue weighted by atomic mass is 10.1. The Labute approximate surface area is 180 Å². The molecule has 0 saturated carbocycles. The molecule has 31 heavy (non-hydrogen) atoms. The number of carbonyl (C=O) groups is 2. The molecule has 0 fully saturated rings. The molecule has 0 aliphatic heterocycles. The van der Waals surface area contributed by atoms with Crippen molar-refractivity contribution in [1.29, 1.82) is 0 Å². The zero-order chi connectivity index (χ0) is 22.2. The Balaban J connectivity index is 1.72. The van der Waals surface area contributed by atoms with E-state index in [1.165, 1.54) is 31.2 Å². The summed E-state index contributed by atoms with van der Waals surface area (Å²) >= 11 is 0. The fourth-order valence-electron chi connectivity index (χ4n) is 3.07. The molecule has 7 nitrogen and oxygen atoms in total. The van der Waals surface area contributed by atoms with Crippen molar-refractivity contribution in [1.82, 2.24) is 4.90 Å². The maximum Gasteiger partial charge on any atom is 0.338 e. The third-order valence-electron chi connectivity index (χ3n) is 4.69. The number of esters is 1. The maximum atomic E-state index is 13.1. The highest BCUT2D eigenvalue weighted by Crippen LogP contribution is 2.16. The van der Waals surface area contributed by atoms with Crippen LogP contribution in [-0.4, -0.2) is 27.8 Å². The lowest BCUT2D eigenvalue weighted by Crippen LogP contribution is -2.39. The van der Waals surface area contributed by atoms with Crippen LogP contribution in [0.3, 0.4) is 0 Å². The van der Waals surface area contributed by atoms with Gasteiger partial charge in [-0.05, 0) is 30.2 Å². The first-order chi connectivity index (χ1) is 14.9. The van der Waals surface area contributed by atoms with E-state index >= 15 is 0 Å². The summed E-state index contributed by atoms with van der Waals surface area (Å²) in [7, 11) is 0. The number of carbonyl (C=O) groups excluding carboxylic acids is 2. The van der Waals surface area contributed by atoms with Crippen LogP contribution in [0, 0.1) is 10.1 Å². The summed E-state index contributed by atoms with van der Waals surface area (Å²) < 4.78 is 5.35. The second-order valence-electron chi connectivity index (χ2n) is 7.02. The summed E-state index contributed by atoms with van der Waals surface area (Å²) in [4.78, 5) is 37.4. The van der Waals surface area contributed by atoms with Gasteiger partial charge in [-0.2, -0.15) is 0 Å².